The molecule has 0 amide bonds. The van der Waals surface area contributed by atoms with Crippen molar-refractivity contribution in [3.8, 4) is 0 Å². The molecule has 4 nitrogen and oxygen atoms in total. The first-order valence-electron chi connectivity index (χ1n) is 9.50. The van der Waals surface area contributed by atoms with Gasteiger partial charge in [0.15, 0.2) is 0 Å². The number of rotatable bonds is 5. The highest BCUT2D eigenvalue weighted by atomic mass is 28.3. The van der Waals surface area contributed by atoms with E-state index >= 15 is 0 Å². The van der Waals surface area contributed by atoms with Gasteiger partial charge in [0.1, 0.15) is 5.82 Å². The third-order valence-corrected chi connectivity index (χ3v) is 7.54. The number of nitrogens with zero attached hydrogens (tertiary/aromatic N) is 1. The third-order valence-electron chi connectivity index (χ3n) is 5.76. The van der Waals surface area contributed by atoms with Crippen molar-refractivity contribution in [1.29, 1.82) is 0 Å². The van der Waals surface area contributed by atoms with Gasteiger partial charge in [-0.05, 0) is 47.9 Å². The number of methoxy groups -OCH3 is 1. The minimum Gasteiger partial charge on any atom is -0.469 e. The fourth-order valence-corrected chi connectivity index (χ4v) is 5.74. The Labute approximate surface area is 156 Å². The van der Waals surface area contributed by atoms with E-state index in [1.165, 1.54) is 12.7 Å². The molecule has 0 radical (unpaired) electrons. The van der Waals surface area contributed by atoms with Gasteiger partial charge in [0.05, 0.1) is 27.9 Å². The molecule has 1 saturated carbocycles. The Hall–Kier alpha value is -2.14. The summed E-state index contributed by atoms with van der Waals surface area (Å²) in [5, 5.41) is 5.22. The van der Waals surface area contributed by atoms with E-state index in [-0.39, 0.29) is 17.8 Å². The highest BCUT2D eigenvalue weighted by Gasteiger charge is 2.45. The second-order valence-corrected chi connectivity index (χ2v) is 10.7. The van der Waals surface area contributed by atoms with E-state index in [0.717, 1.165) is 30.6 Å². The van der Waals surface area contributed by atoms with Crippen LogP contribution in [0.2, 0.25) is 13.1 Å². The van der Waals surface area contributed by atoms with Crippen LogP contribution >= 0.6 is 0 Å². The van der Waals surface area contributed by atoms with Crippen molar-refractivity contribution in [2.75, 3.05) is 12.4 Å². The number of fused-ring (bicyclic) bond motifs is 1. The quantitative estimate of drug-likeness (QED) is 0.652. The van der Waals surface area contributed by atoms with Crippen molar-refractivity contribution >= 4 is 25.8 Å². The summed E-state index contributed by atoms with van der Waals surface area (Å²) in [5.74, 6) is 1.09. The van der Waals surface area contributed by atoms with Gasteiger partial charge in [0.25, 0.3) is 0 Å². The zero-order valence-corrected chi connectivity index (χ0v) is 16.8. The van der Waals surface area contributed by atoms with Crippen LogP contribution in [0.15, 0.2) is 36.5 Å². The van der Waals surface area contributed by atoms with Gasteiger partial charge in [0.2, 0.25) is 0 Å². The summed E-state index contributed by atoms with van der Waals surface area (Å²) in [6.45, 7) is 4.80. The molecule has 1 fully saturated rings. The second-order valence-electron chi connectivity index (χ2n) is 7.75. The van der Waals surface area contributed by atoms with E-state index in [0.29, 0.717) is 6.04 Å². The van der Waals surface area contributed by atoms with Gasteiger partial charge in [-0.15, -0.1) is 0 Å². The lowest BCUT2D eigenvalue weighted by molar-refractivity contribution is -0.142. The molecule has 0 saturated heterocycles. The number of carbonyl (C=O) groups excluding carboxylic acids is 1. The molecule has 1 aromatic heterocycles. The van der Waals surface area contributed by atoms with E-state index in [1.807, 2.05) is 12.3 Å². The Morgan fingerprint density at radius 3 is 2.81 bits per heavy atom. The molecule has 2 aromatic rings. The molecule has 0 bridgehead atoms. The molecule has 2 aliphatic carbocycles. The predicted molar refractivity (Wildman–Crippen MR) is 107 cm³/mol. The number of nitrogens with one attached hydrogen (secondary N) is 1. The lowest BCUT2D eigenvalue weighted by Crippen LogP contribution is -2.26. The van der Waals surface area contributed by atoms with Crippen LogP contribution in [0.5, 0.6) is 0 Å². The number of esters is 1. The van der Waals surface area contributed by atoms with Crippen LogP contribution in [0, 0.1) is 5.92 Å². The maximum absolute atomic E-state index is 11.6. The number of anilines is 1. The van der Waals surface area contributed by atoms with Gasteiger partial charge in [-0.3, -0.25) is 4.79 Å². The van der Waals surface area contributed by atoms with Gasteiger partial charge in [-0.1, -0.05) is 42.5 Å². The fourth-order valence-electron chi connectivity index (χ4n) is 4.24. The molecule has 1 heterocycles. The molecule has 3 atom stereocenters. The summed E-state index contributed by atoms with van der Waals surface area (Å²) < 4.78 is 4.83. The number of hydrogen-bond donors (Lipinski definition) is 1. The number of carbonyl (C=O) groups is 1. The third kappa shape index (κ3) is 3.16. The summed E-state index contributed by atoms with van der Waals surface area (Å²) >= 11 is 0. The van der Waals surface area contributed by atoms with Gasteiger partial charge in [-0.25, -0.2) is 4.98 Å². The Kier molecular flexibility index (Phi) is 4.57. The highest BCUT2D eigenvalue weighted by Crippen LogP contribution is 2.48. The molecule has 26 heavy (non-hydrogen) atoms. The topological polar surface area (TPSA) is 51.2 Å². The zero-order chi connectivity index (χ0) is 18.3. The van der Waals surface area contributed by atoms with Gasteiger partial charge >= 0.3 is 5.97 Å². The molecule has 5 heteroatoms. The molecule has 136 valence electrons. The summed E-state index contributed by atoms with van der Waals surface area (Å²) in [6.07, 6.45) is 5.07. The van der Waals surface area contributed by atoms with Crippen LogP contribution in [0.1, 0.15) is 41.5 Å². The Morgan fingerprint density at radius 1 is 1.27 bits per heavy atom. The molecule has 4 rings (SSSR count). The maximum Gasteiger partial charge on any atom is 0.309 e. The number of pyridine rings is 1. The van der Waals surface area contributed by atoms with E-state index in [4.69, 9.17) is 4.74 Å². The monoisotopic (exact) mass is 366 g/mol. The number of benzene rings is 1. The molecular weight excluding hydrogens is 340 g/mol. The Bertz CT molecular complexity index is 819. The van der Waals surface area contributed by atoms with Crippen molar-refractivity contribution in [1.82, 2.24) is 4.98 Å². The predicted octanol–water partition coefficient (Wildman–Crippen LogP) is 3.15. The normalized spacial score (nSPS) is 23.6. The first-order chi connectivity index (χ1) is 12.6. The SMILES string of the molecule is COC(=O)[C@H]1C[C@@H]1c1ccc(N[C@@H]2CCc3c2cccc3[SiH](C)C)nc1. The molecule has 0 aliphatic heterocycles. The minimum atomic E-state index is -0.796. The fraction of sp³-hybridized carbons (Fsp3) is 0.429. The average molecular weight is 367 g/mol. The van der Waals surface area contributed by atoms with Crippen LogP contribution in [0.25, 0.3) is 0 Å². The van der Waals surface area contributed by atoms with E-state index in [9.17, 15) is 4.79 Å². The van der Waals surface area contributed by atoms with Gasteiger partial charge < -0.3 is 10.1 Å². The first kappa shape index (κ1) is 17.3. The minimum absolute atomic E-state index is 0.0148. The highest BCUT2D eigenvalue weighted by molar-refractivity contribution is 6.71. The van der Waals surface area contributed by atoms with Crippen molar-refractivity contribution in [3.63, 3.8) is 0 Å². The van der Waals surface area contributed by atoms with Gasteiger partial charge in [-0.2, -0.15) is 0 Å². The van der Waals surface area contributed by atoms with Crippen LogP contribution in [0.3, 0.4) is 0 Å². The smallest absolute Gasteiger partial charge is 0.309 e. The Balaban J connectivity index is 1.45. The number of ether oxygens (including phenoxy) is 1. The van der Waals surface area contributed by atoms with Gasteiger partial charge in [0, 0.05) is 6.20 Å². The Morgan fingerprint density at radius 2 is 2.12 bits per heavy atom. The summed E-state index contributed by atoms with van der Waals surface area (Å²) in [4.78, 5) is 16.2. The van der Waals surface area contributed by atoms with Crippen LogP contribution in [0.4, 0.5) is 5.82 Å². The summed E-state index contributed by atoms with van der Waals surface area (Å²) in [6, 6.07) is 11.3. The first-order valence-corrected chi connectivity index (χ1v) is 12.4. The molecule has 0 unspecified atom stereocenters. The summed E-state index contributed by atoms with van der Waals surface area (Å²) in [7, 11) is 0.658. The van der Waals surface area contributed by atoms with Crippen molar-refractivity contribution in [2.24, 2.45) is 5.92 Å². The lowest BCUT2D eigenvalue weighted by atomic mass is 10.1. The largest absolute Gasteiger partial charge is 0.469 e. The molecule has 0 spiro atoms. The van der Waals surface area contributed by atoms with E-state index < -0.39 is 8.80 Å². The van der Waals surface area contributed by atoms with Crippen molar-refractivity contribution in [2.45, 2.75) is 44.3 Å². The summed E-state index contributed by atoms with van der Waals surface area (Å²) in [5.41, 5.74) is 4.15. The van der Waals surface area contributed by atoms with Crippen molar-refractivity contribution < 1.29 is 9.53 Å². The zero-order valence-electron chi connectivity index (χ0n) is 15.7. The molecule has 1 aromatic carbocycles. The molecule has 2 aliphatic rings. The lowest BCUT2D eigenvalue weighted by Gasteiger charge is -2.16. The maximum atomic E-state index is 11.6. The standard InChI is InChI=1S/C21H26N2O2Si/c1-25-21(24)17-11-16(17)13-7-10-20(22-12-13)23-18-9-8-15-14(18)5-4-6-19(15)26(2)3/h4-7,10,12,16-18,26H,8-9,11H2,1-3H3,(H,22,23)/t16-,17+,18-/m1/s1. The van der Waals surface area contributed by atoms with Crippen molar-refractivity contribution in [3.05, 3.63) is 53.2 Å². The van der Waals surface area contributed by atoms with E-state index in [2.05, 4.69) is 47.7 Å². The number of hydrogen-bond acceptors (Lipinski definition) is 4. The molecular formula is C21H26N2O2Si. The molecule has 1 N–H and O–H groups in total. The van der Waals surface area contributed by atoms with Crippen LogP contribution in [-0.2, 0) is 16.0 Å². The van der Waals surface area contributed by atoms with Crippen LogP contribution < -0.4 is 10.5 Å². The number of aromatic nitrogens is 1. The average Bonchev–Trinajstić information content (AvgIpc) is 3.36. The van der Waals surface area contributed by atoms with Crippen LogP contribution in [-0.4, -0.2) is 26.9 Å². The second kappa shape index (κ2) is 6.87. The van der Waals surface area contributed by atoms with E-state index in [1.54, 1.807) is 10.8 Å².